The average Bonchev–Trinajstić information content (AvgIpc) is 4.15. The van der Waals surface area contributed by atoms with Crippen molar-refractivity contribution in [2.45, 2.75) is 96.1 Å². The van der Waals surface area contributed by atoms with Gasteiger partial charge in [-0.3, -0.25) is 57.7 Å². The van der Waals surface area contributed by atoms with Crippen LogP contribution in [-0.4, -0.2) is 147 Å². The Bertz CT molecular complexity index is 3270. The fourth-order valence-corrected chi connectivity index (χ4v) is 10.4. The van der Waals surface area contributed by atoms with E-state index in [9.17, 15) is 63.0 Å². The number of ether oxygens (including phenoxy) is 1. The summed E-state index contributed by atoms with van der Waals surface area (Å²) >= 11 is 0. The van der Waals surface area contributed by atoms with Crippen LogP contribution in [0.5, 0.6) is 0 Å². The van der Waals surface area contributed by atoms with Gasteiger partial charge in [-0.1, -0.05) is 43.7 Å². The number of hydrogen-bond acceptors (Lipinski definition) is 15. The summed E-state index contributed by atoms with van der Waals surface area (Å²) in [5.41, 5.74) is 1.49. The molecule has 4 aliphatic rings. The summed E-state index contributed by atoms with van der Waals surface area (Å²) < 4.78 is 22.1. The number of aliphatic hydroxyl groups is 1. The van der Waals surface area contributed by atoms with Gasteiger partial charge in [0.25, 0.3) is 17.4 Å². The van der Waals surface area contributed by atoms with Gasteiger partial charge in [0.1, 0.15) is 18.5 Å². The molecule has 3 aliphatic heterocycles. The van der Waals surface area contributed by atoms with E-state index in [1.165, 1.54) is 27.7 Å². The van der Waals surface area contributed by atoms with Gasteiger partial charge in [-0.15, -0.1) is 0 Å². The number of pyridine rings is 2. The Morgan fingerprint density at radius 2 is 1.56 bits per heavy atom. The highest BCUT2D eigenvalue weighted by Crippen LogP contribution is 2.46. The summed E-state index contributed by atoms with van der Waals surface area (Å²) in [6, 6.07) is 9.59. The lowest BCUT2D eigenvalue weighted by Gasteiger charge is -2.31. The first kappa shape index (κ1) is 57.5. The number of aromatic nitrogens is 2. The third-order valence-corrected chi connectivity index (χ3v) is 14.6. The number of amides is 8. The van der Waals surface area contributed by atoms with Crippen LogP contribution in [0.2, 0.25) is 0 Å². The SMILES string of the molecule is CC[C@@]1(O)C(=O)OCc2c1cc1n(c2=O)Cc2c-1nc1cc(F)c(C)c3c1c2C(NC(=O)CNC(=O)[C@H](Cc1ccccc1)NC(=O)CNC(=O)CNC(=O)CN(CCNC(=O)CCCCCN1C(=O)C=CC1=O)CC(=O)O)CC3. The normalized spacial score (nSPS) is 17.0. The number of carboxylic acids is 1. The van der Waals surface area contributed by atoms with Crippen molar-refractivity contribution in [3.8, 4) is 11.4 Å². The molecule has 8 rings (SSSR count). The third-order valence-electron chi connectivity index (χ3n) is 14.6. The lowest BCUT2D eigenvalue weighted by Crippen LogP contribution is -2.52. The second kappa shape index (κ2) is 25.0. The minimum atomic E-state index is -2.08. The fraction of sp³-hybridized carbons (Fsp3) is 0.418. The number of halogens is 1. The van der Waals surface area contributed by atoms with Crippen molar-refractivity contribution in [2.75, 3.05) is 52.4 Å². The Kier molecular flexibility index (Phi) is 17.9. The van der Waals surface area contributed by atoms with Crippen LogP contribution in [0.15, 0.2) is 59.4 Å². The highest BCUT2D eigenvalue weighted by molar-refractivity contribution is 6.12. The molecule has 8 amide bonds. The van der Waals surface area contributed by atoms with Gasteiger partial charge in [0.2, 0.25) is 35.4 Å². The van der Waals surface area contributed by atoms with E-state index in [4.69, 9.17) is 9.72 Å². The Balaban J connectivity index is 0.836. The fourth-order valence-electron chi connectivity index (χ4n) is 10.4. The van der Waals surface area contributed by atoms with Gasteiger partial charge in [0.15, 0.2) is 5.60 Å². The van der Waals surface area contributed by atoms with E-state index >= 15 is 4.39 Å². The lowest BCUT2D eigenvalue weighted by molar-refractivity contribution is -0.172. The molecule has 0 saturated heterocycles. The van der Waals surface area contributed by atoms with Gasteiger partial charge in [0, 0.05) is 67.2 Å². The van der Waals surface area contributed by atoms with Crippen molar-refractivity contribution < 1.29 is 67.3 Å². The molecule has 1 unspecified atom stereocenters. The summed E-state index contributed by atoms with van der Waals surface area (Å²) in [4.78, 5) is 148. The van der Waals surface area contributed by atoms with Crippen LogP contribution in [0.3, 0.4) is 0 Å². The van der Waals surface area contributed by atoms with Gasteiger partial charge < -0.3 is 51.4 Å². The molecule has 24 nitrogen and oxygen atoms in total. The van der Waals surface area contributed by atoms with Gasteiger partial charge in [0.05, 0.1) is 67.8 Å². The Labute approximate surface area is 456 Å². The smallest absolute Gasteiger partial charge is 0.343 e. The molecular weight excluding hydrogens is 1040 g/mol. The summed E-state index contributed by atoms with van der Waals surface area (Å²) in [7, 11) is 0. The molecule has 4 aromatic rings. The van der Waals surface area contributed by atoms with Crippen molar-refractivity contribution in [2.24, 2.45) is 0 Å². The number of nitrogens with zero attached hydrogens (tertiary/aromatic N) is 4. The summed E-state index contributed by atoms with van der Waals surface area (Å²) in [5.74, 6) is -7.31. The van der Waals surface area contributed by atoms with Gasteiger partial charge in [-0.05, 0) is 67.3 Å². The number of fused-ring (bicyclic) bond motifs is 5. The van der Waals surface area contributed by atoms with E-state index in [-0.39, 0.29) is 86.4 Å². The molecule has 0 fully saturated rings. The van der Waals surface area contributed by atoms with Crippen LogP contribution in [0.25, 0.3) is 22.3 Å². The van der Waals surface area contributed by atoms with Crippen LogP contribution in [0.1, 0.15) is 90.4 Å². The second-order valence-electron chi connectivity index (χ2n) is 20.0. The van der Waals surface area contributed by atoms with Crippen LogP contribution in [0, 0.1) is 12.7 Å². The number of benzene rings is 2. The highest BCUT2D eigenvalue weighted by atomic mass is 19.1. The molecule has 80 heavy (non-hydrogen) atoms. The van der Waals surface area contributed by atoms with Crippen molar-refractivity contribution in [3.05, 3.63) is 110 Å². The molecule has 1 aliphatic carbocycles. The molecular formula is C55H61FN10O14. The molecule has 8 N–H and O–H groups in total. The minimum Gasteiger partial charge on any atom is -0.480 e. The predicted octanol–water partition coefficient (Wildman–Crippen LogP) is -0.305. The number of aliphatic carboxylic acids is 1. The number of hydrogen-bond donors (Lipinski definition) is 8. The van der Waals surface area contributed by atoms with Crippen molar-refractivity contribution in [3.63, 3.8) is 0 Å². The summed E-state index contributed by atoms with van der Waals surface area (Å²) in [5, 5.41) is 37.0. The molecule has 0 saturated carbocycles. The second-order valence-corrected chi connectivity index (χ2v) is 20.0. The molecule has 0 radical (unpaired) electrons. The molecule has 2 aromatic heterocycles. The molecule has 2 aromatic carbocycles. The first-order valence-corrected chi connectivity index (χ1v) is 26.3. The van der Waals surface area contributed by atoms with Crippen molar-refractivity contribution in [1.29, 1.82) is 0 Å². The molecule has 0 bridgehead atoms. The van der Waals surface area contributed by atoms with Gasteiger partial charge in [-0.2, -0.15) is 0 Å². The number of carbonyl (C=O) groups is 10. The third kappa shape index (κ3) is 12.9. The average molecular weight is 1110 g/mol. The number of carbonyl (C=O) groups excluding carboxylic acids is 9. The van der Waals surface area contributed by atoms with E-state index in [0.29, 0.717) is 76.7 Å². The Morgan fingerprint density at radius 1 is 0.850 bits per heavy atom. The van der Waals surface area contributed by atoms with Crippen LogP contribution >= 0.6 is 0 Å². The number of nitrogens with one attached hydrogen (secondary N) is 6. The molecule has 0 spiro atoms. The zero-order chi connectivity index (χ0) is 57.4. The quantitative estimate of drug-likeness (QED) is 0.0211. The standard InChI is InChI=1S/C55H61FN10O14/c1-3-55(79)35-21-40-51-33(26-66(40)53(77)34(35)29-80-54(55)78)50-37(14-13-32-30(2)36(56)22-38(63-51)49(32)50)61-44(70)25-60-52(76)39(20-31-10-6-4-7-11-31)62-43(69)24-58-42(68)23-59-45(71)27-64(28-48(74)75)19-17-57-41(67)12-8-5-9-18-65-46(72)15-16-47(65)73/h4,6-7,10-11,15-16,21-22,37,39,79H,3,5,8-9,12-14,17-20,23-29H2,1-2H3,(H,57,67)(H,58,68)(H,59,71)(H,60,76)(H,61,70)(H,62,69)(H,74,75)/t37?,39-,55-/m0/s1. The lowest BCUT2D eigenvalue weighted by atomic mass is 9.81. The van der Waals surface area contributed by atoms with Crippen LogP contribution in [0.4, 0.5) is 4.39 Å². The zero-order valence-corrected chi connectivity index (χ0v) is 44.0. The topological polar surface area (TPSA) is 334 Å². The number of rotatable bonds is 25. The van der Waals surface area contributed by atoms with Gasteiger partial charge in [-0.25, -0.2) is 14.2 Å². The maximum Gasteiger partial charge on any atom is 0.343 e. The van der Waals surface area contributed by atoms with Crippen LogP contribution in [-0.2, 0) is 84.3 Å². The first-order valence-electron chi connectivity index (χ1n) is 26.3. The van der Waals surface area contributed by atoms with E-state index < -0.39 is 103 Å². The van der Waals surface area contributed by atoms with E-state index in [1.807, 2.05) is 0 Å². The maximum absolute atomic E-state index is 15.5. The predicted molar refractivity (Wildman–Crippen MR) is 281 cm³/mol. The number of carboxylic acid groups (broad SMARTS) is 1. The Hall–Kier alpha value is -8.71. The van der Waals surface area contributed by atoms with Crippen LogP contribution < -0.4 is 37.5 Å². The summed E-state index contributed by atoms with van der Waals surface area (Å²) in [6.45, 7) is 0.431. The number of aryl methyl sites for hydroxylation is 1. The Morgan fingerprint density at radius 3 is 2.29 bits per heavy atom. The summed E-state index contributed by atoms with van der Waals surface area (Å²) in [6.07, 6.45) is 4.73. The van der Waals surface area contributed by atoms with E-state index in [2.05, 4.69) is 31.9 Å². The highest BCUT2D eigenvalue weighted by Gasteiger charge is 2.46. The van der Waals surface area contributed by atoms with E-state index in [0.717, 1.165) is 4.90 Å². The van der Waals surface area contributed by atoms with Crippen molar-refractivity contribution >= 4 is 70.1 Å². The molecule has 25 heteroatoms. The van der Waals surface area contributed by atoms with Crippen molar-refractivity contribution in [1.82, 2.24) is 51.3 Å². The minimum absolute atomic E-state index is 0.0123. The molecule has 422 valence electrons. The number of cyclic esters (lactones) is 1. The zero-order valence-electron chi connectivity index (χ0n) is 44.0. The van der Waals surface area contributed by atoms with Gasteiger partial charge >= 0.3 is 11.9 Å². The number of unbranched alkanes of at least 4 members (excludes halogenated alkanes) is 2. The monoisotopic (exact) mass is 1100 g/mol. The molecule has 5 heterocycles. The maximum atomic E-state index is 15.5. The number of imide groups is 1. The largest absolute Gasteiger partial charge is 0.480 e. The van der Waals surface area contributed by atoms with E-state index in [1.54, 1.807) is 50.2 Å². The molecule has 3 atom stereocenters. The first-order chi connectivity index (χ1) is 38.3. The number of esters is 1.